The van der Waals surface area contributed by atoms with Gasteiger partial charge in [-0.2, -0.15) is 0 Å². The van der Waals surface area contributed by atoms with E-state index in [0.717, 1.165) is 25.4 Å². The van der Waals surface area contributed by atoms with Crippen molar-refractivity contribution in [3.05, 3.63) is 29.8 Å². The number of rotatable bonds is 5. The minimum atomic E-state index is 0.188. The van der Waals surface area contributed by atoms with E-state index in [2.05, 4.69) is 43.4 Å². The fourth-order valence-electron chi connectivity index (χ4n) is 2.48. The van der Waals surface area contributed by atoms with Gasteiger partial charge in [-0.1, -0.05) is 26.0 Å². The van der Waals surface area contributed by atoms with E-state index in [4.69, 9.17) is 5.73 Å². The molecule has 1 aliphatic rings. The molecule has 0 bridgehead atoms. The van der Waals surface area contributed by atoms with Crippen LogP contribution in [-0.2, 0) is 0 Å². The number of hydrogen-bond donors (Lipinski definition) is 2. The highest BCUT2D eigenvalue weighted by atomic mass is 32.2. The van der Waals surface area contributed by atoms with Crippen LogP contribution in [0.25, 0.3) is 0 Å². The van der Waals surface area contributed by atoms with Gasteiger partial charge in [-0.15, -0.1) is 11.8 Å². The van der Waals surface area contributed by atoms with Gasteiger partial charge < -0.3 is 11.1 Å². The van der Waals surface area contributed by atoms with Crippen LogP contribution in [0.3, 0.4) is 0 Å². The zero-order valence-electron chi connectivity index (χ0n) is 11.4. The molecule has 1 heterocycles. The number of nitrogens with two attached hydrogens (primary N) is 1. The third-order valence-corrected chi connectivity index (χ3v) is 4.45. The molecule has 100 valence electrons. The Morgan fingerprint density at radius 1 is 1.33 bits per heavy atom. The Morgan fingerprint density at radius 2 is 2.06 bits per heavy atom. The van der Waals surface area contributed by atoms with E-state index in [-0.39, 0.29) is 6.04 Å². The maximum absolute atomic E-state index is 6.29. The summed E-state index contributed by atoms with van der Waals surface area (Å²) >= 11 is 1.90. The van der Waals surface area contributed by atoms with E-state index >= 15 is 0 Å². The quantitative estimate of drug-likeness (QED) is 0.802. The fraction of sp³-hybridized carbons (Fsp3) is 0.600. The first-order chi connectivity index (χ1) is 8.65. The third kappa shape index (κ3) is 4.01. The molecule has 2 nitrogen and oxygen atoms in total. The highest BCUT2D eigenvalue weighted by Crippen LogP contribution is 2.27. The van der Waals surface area contributed by atoms with Crippen molar-refractivity contribution in [2.45, 2.75) is 42.9 Å². The van der Waals surface area contributed by atoms with Crippen molar-refractivity contribution in [3.8, 4) is 0 Å². The molecule has 18 heavy (non-hydrogen) atoms. The van der Waals surface area contributed by atoms with E-state index in [1.807, 2.05) is 11.8 Å². The summed E-state index contributed by atoms with van der Waals surface area (Å²) in [6.45, 7) is 6.73. The molecule has 1 aromatic rings. The molecular formula is C15H24N2S. The molecule has 0 radical (unpaired) electrons. The first kappa shape index (κ1) is 13.9. The highest BCUT2D eigenvalue weighted by Gasteiger charge is 2.18. The molecule has 1 aliphatic heterocycles. The zero-order chi connectivity index (χ0) is 13.0. The Bertz CT molecular complexity index is 355. The summed E-state index contributed by atoms with van der Waals surface area (Å²) in [6, 6.07) is 8.97. The monoisotopic (exact) mass is 264 g/mol. The maximum atomic E-state index is 6.29. The van der Waals surface area contributed by atoms with Crippen molar-refractivity contribution < 1.29 is 0 Å². The molecule has 0 spiro atoms. The molecule has 0 aliphatic carbocycles. The van der Waals surface area contributed by atoms with Crippen molar-refractivity contribution in [1.82, 2.24) is 5.32 Å². The predicted octanol–water partition coefficient (Wildman–Crippen LogP) is 3.19. The highest BCUT2D eigenvalue weighted by molar-refractivity contribution is 7.99. The normalized spacial score (nSPS) is 21.4. The first-order valence-electron chi connectivity index (χ1n) is 6.88. The lowest BCUT2D eigenvalue weighted by molar-refractivity contribution is 0.473. The molecule has 3 N–H and O–H groups in total. The smallest absolute Gasteiger partial charge is 0.0297 e. The maximum Gasteiger partial charge on any atom is 0.0297 e. The molecule has 3 heteroatoms. The molecule has 0 aromatic heterocycles. The molecule has 1 fully saturated rings. The molecule has 0 saturated carbocycles. The summed E-state index contributed by atoms with van der Waals surface area (Å²) in [5.41, 5.74) is 7.56. The molecule has 1 aromatic carbocycles. The number of benzene rings is 1. The fourth-order valence-corrected chi connectivity index (χ4v) is 3.31. The second kappa shape index (κ2) is 6.60. The van der Waals surface area contributed by atoms with Crippen LogP contribution >= 0.6 is 11.8 Å². The van der Waals surface area contributed by atoms with E-state index < -0.39 is 0 Å². The van der Waals surface area contributed by atoms with Gasteiger partial charge >= 0.3 is 0 Å². The summed E-state index contributed by atoms with van der Waals surface area (Å²) in [4.78, 5) is 1.34. The minimum Gasteiger partial charge on any atom is -0.324 e. The number of thioether (sulfide) groups is 1. The van der Waals surface area contributed by atoms with Crippen molar-refractivity contribution in [2.75, 3.05) is 13.1 Å². The van der Waals surface area contributed by atoms with Crippen LogP contribution in [0, 0.1) is 5.92 Å². The van der Waals surface area contributed by atoms with Gasteiger partial charge in [-0.25, -0.2) is 0 Å². The molecule has 0 amide bonds. The van der Waals surface area contributed by atoms with Gasteiger partial charge in [0.2, 0.25) is 0 Å². The average molecular weight is 264 g/mol. The SMILES string of the molecule is CC(C)Sc1ccc(C(N)CC2CCNC2)cc1. The van der Waals surface area contributed by atoms with E-state index in [1.165, 1.54) is 16.9 Å². The van der Waals surface area contributed by atoms with Crippen molar-refractivity contribution in [3.63, 3.8) is 0 Å². The van der Waals surface area contributed by atoms with E-state index in [0.29, 0.717) is 5.25 Å². The van der Waals surface area contributed by atoms with Gasteiger partial charge in [0.1, 0.15) is 0 Å². The van der Waals surface area contributed by atoms with Crippen LogP contribution in [0.5, 0.6) is 0 Å². The van der Waals surface area contributed by atoms with Gasteiger partial charge in [0.25, 0.3) is 0 Å². The minimum absolute atomic E-state index is 0.188. The largest absolute Gasteiger partial charge is 0.324 e. The Labute approximate surface area is 115 Å². The van der Waals surface area contributed by atoms with Crippen LogP contribution in [-0.4, -0.2) is 18.3 Å². The van der Waals surface area contributed by atoms with Gasteiger partial charge in [0.05, 0.1) is 0 Å². The molecule has 2 unspecified atom stereocenters. The Kier molecular flexibility index (Phi) is 5.10. The summed E-state index contributed by atoms with van der Waals surface area (Å²) in [5.74, 6) is 0.754. The van der Waals surface area contributed by atoms with Gasteiger partial charge in [-0.05, 0) is 49.5 Å². The Hall–Kier alpha value is -0.510. The second-order valence-electron chi connectivity index (χ2n) is 5.44. The first-order valence-corrected chi connectivity index (χ1v) is 7.76. The van der Waals surface area contributed by atoms with Gasteiger partial charge in [0.15, 0.2) is 0 Å². The van der Waals surface area contributed by atoms with Crippen LogP contribution in [0.4, 0.5) is 0 Å². The molecule has 1 saturated heterocycles. The second-order valence-corrected chi connectivity index (χ2v) is 7.09. The predicted molar refractivity (Wildman–Crippen MR) is 80.0 cm³/mol. The number of nitrogens with one attached hydrogen (secondary N) is 1. The summed E-state index contributed by atoms with van der Waals surface area (Å²) in [7, 11) is 0. The third-order valence-electron chi connectivity index (χ3n) is 3.43. The molecule has 2 rings (SSSR count). The lowest BCUT2D eigenvalue weighted by Gasteiger charge is -2.16. The van der Waals surface area contributed by atoms with Crippen molar-refractivity contribution in [1.29, 1.82) is 0 Å². The summed E-state index contributed by atoms with van der Waals surface area (Å²) < 4.78 is 0. The average Bonchev–Trinajstić information content (AvgIpc) is 2.82. The summed E-state index contributed by atoms with van der Waals surface area (Å²) in [6.07, 6.45) is 2.37. The molecule has 2 atom stereocenters. The Balaban J connectivity index is 1.91. The van der Waals surface area contributed by atoms with E-state index in [9.17, 15) is 0 Å². The van der Waals surface area contributed by atoms with Crippen LogP contribution in [0.15, 0.2) is 29.2 Å². The topological polar surface area (TPSA) is 38.0 Å². The van der Waals surface area contributed by atoms with Gasteiger partial charge in [0, 0.05) is 16.2 Å². The standard InChI is InChI=1S/C15H24N2S/c1-11(2)18-14-5-3-13(4-6-14)15(16)9-12-7-8-17-10-12/h3-6,11-12,15,17H,7-10,16H2,1-2H3. The van der Waals surface area contributed by atoms with Gasteiger partial charge in [-0.3, -0.25) is 0 Å². The van der Waals surface area contributed by atoms with Crippen LogP contribution in [0.1, 0.15) is 38.3 Å². The van der Waals surface area contributed by atoms with Crippen LogP contribution in [0.2, 0.25) is 0 Å². The van der Waals surface area contributed by atoms with E-state index in [1.54, 1.807) is 0 Å². The van der Waals surface area contributed by atoms with Crippen molar-refractivity contribution >= 4 is 11.8 Å². The van der Waals surface area contributed by atoms with Crippen molar-refractivity contribution in [2.24, 2.45) is 11.7 Å². The summed E-state index contributed by atoms with van der Waals surface area (Å²) in [5, 5.41) is 4.03. The Morgan fingerprint density at radius 3 is 2.61 bits per heavy atom. The zero-order valence-corrected chi connectivity index (χ0v) is 12.2. The number of hydrogen-bond acceptors (Lipinski definition) is 3. The van der Waals surface area contributed by atoms with Crippen LogP contribution < -0.4 is 11.1 Å². The lowest BCUT2D eigenvalue weighted by Crippen LogP contribution is -2.17. The molecular weight excluding hydrogens is 240 g/mol. The lowest BCUT2D eigenvalue weighted by atomic mass is 9.95.